The van der Waals surface area contributed by atoms with Crippen LogP contribution in [0.2, 0.25) is 0 Å². The lowest BCUT2D eigenvalue weighted by Crippen LogP contribution is -2.65. The molecule has 1 amide bonds. The number of amides is 1. The first-order valence-electron chi connectivity index (χ1n) is 10.5. The van der Waals surface area contributed by atoms with Crippen molar-refractivity contribution in [3.05, 3.63) is 0 Å². The number of rotatable bonds is 2. The summed E-state index contributed by atoms with van der Waals surface area (Å²) in [6.45, 7) is 9.32. The van der Waals surface area contributed by atoms with Crippen LogP contribution in [0.5, 0.6) is 0 Å². The lowest BCUT2D eigenvalue weighted by atomic mass is 9.39. The zero-order chi connectivity index (χ0) is 18.0. The normalized spacial score (nSPS) is 57.1. The van der Waals surface area contributed by atoms with Crippen molar-refractivity contribution in [2.45, 2.75) is 71.8 Å². The third kappa shape index (κ3) is 2.25. The average Bonchev–Trinajstić information content (AvgIpc) is 2.58. The molecule has 0 aromatic rings. The smallest absolute Gasteiger partial charge is 0.207 e. The molecule has 4 rings (SSSR count). The van der Waals surface area contributed by atoms with Gasteiger partial charge in [-0.15, -0.1) is 0 Å². The van der Waals surface area contributed by atoms with Gasteiger partial charge in [-0.1, -0.05) is 13.8 Å². The summed E-state index contributed by atoms with van der Waals surface area (Å²) in [6, 6.07) is 2.77. The predicted molar refractivity (Wildman–Crippen MR) is 98.3 cm³/mol. The van der Waals surface area contributed by atoms with E-state index in [1.54, 1.807) is 0 Å². The van der Waals surface area contributed by atoms with Crippen molar-refractivity contribution in [2.75, 3.05) is 0 Å². The van der Waals surface area contributed by atoms with E-state index in [9.17, 15) is 10.1 Å². The Morgan fingerprint density at radius 2 is 1.80 bits per heavy atom. The maximum Gasteiger partial charge on any atom is 0.207 e. The maximum absolute atomic E-state index is 11.3. The molecule has 1 N–H and O–H groups in total. The van der Waals surface area contributed by atoms with Gasteiger partial charge in [-0.25, -0.2) is 0 Å². The SMILES string of the molecule is CC1CC2CC(C)C(C)(C#N)C3CCC4C(C1CCC4(C)NC=O)C23. The van der Waals surface area contributed by atoms with Crippen LogP contribution in [0.4, 0.5) is 0 Å². The Morgan fingerprint density at radius 3 is 2.48 bits per heavy atom. The lowest BCUT2D eigenvalue weighted by molar-refractivity contribution is -0.163. The van der Waals surface area contributed by atoms with Gasteiger partial charge in [-0.05, 0) is 99.7 Å². The number of nitriles is 1. The van der Waals surface area contributed by atoms with Crippen LogP contribution >= 0.6 is 0 Å². The van der Waals surface area contributed by atoms with Gasteiger partial charge in [0.15, 0.2) is 0 Å². The highest BCUT2D eigenvalue weighted by Gasteiger charge is 2.63. The molecular formula is C22H34N2O. The fourth-order valence-corrected chi connectivity index (χ4v) is 8.09. The predicted octanol–water partition coefficient (Wildman–Crippen LogP) is 4.39. The van der Waals surface area contributed by atoms with Gasteiger partial charge < -0.3 is 5.32 Å². The van der Waals surface area contributed by atoms with Gasteiger partial charge in [-0.3, -0.25) is 4.79 Å². The second kappa shape index (κ2) is 5.73. The average molecular weight is 343 g/mol. The van der Waals surface area contributed by atoms with Crippen LogP contribution in [0.15, 0.2) is 0 Å². The number of nitrogens with one attached hydrogen (secondary N) is 1. The van der Waals surface area contributed by atoms with E-state index < -0.39 is 0 Å². The van der Waals surface area contributed by atoms with Crippen LogP contribution in [-0.2, 0) is 4.79 Å². The van der Waals surface area contributed by atoms with Crippen molar-refractivity contribution in [3.8, 4) is 6.07 Å². The summed E-state index contributed by atoms with van der Waals surface area (Å²) in [5.41, 5.74) is -0.204. The first kappa shape index (κ1) is 17.4. The van der Waals surface area contributed by atoms with E-state index in [1.165, 1.54) is 32.1 Å². The van der Waals surface area contributed by atoms with Crippen molar-refractivity contribution in [1.29, 1.82) is 5.26 Å². The molecule has 10 atom stereocenters. The quantitative estimate of drug-likeness (QED) is 0.757. The molecule has 0 radical (unpaired) electrons. The molecule has 0 saturated heterocycles. The molecule has 4 aliphatic carbocycles. The minimum Gasteiger partial charge on any atom is -0.353 e. The molecule has 4 fully saturated rings. The van der Waals surface area contributed by atoms with Gasteiger partial charge in [0.05, 0.1) is 11.5 Å². The van der Waals surface area contributed by atoms with Crippen LogP contribution in [-0.4, -0.2) is 11.9 Å². The Bertz CT molecular complexity index is 597. The number of carbonyl (C=O) groups is 1. The van der Waals surface area contributed by atoms with E-state index in [1.807, 2.05) is 0 Å². The second-order valence-electron chi connectivity index (χ2n) is 10.3. The highest BCUT2D eigenvalue weighted by Crippen LogP contribution is 2.67. The highest BCUT2D eigenvalue weighted by molar-refractivity contribution is 5.48. The van der Waals surface area contributed by atoms with Crippen LogP contribution in [0.3, 0.4) is 0 Å². The van der Waals surface area contributed by atoms with Crippen LogP contribution in [0.1, 0.15) is 66.2 Å². The molecule has 3 nitrogen and oxygen atoms in total. The number of hydrogen-bond donors (Lipinski definition) is 1. The topological polar surface area (TPSA) is 52.9 Å². The molecule has 0 heterocycles. The van der Waals surface area contributed by atoms with E-state index in [4.69, 9.17) is 0 Å². The molecule has 0 spiro atoms. The molecule has 25 heavy (non-hydrogen) atoms. The van der Waals surface area contributed by atoms with Gasteiger partial charge in [0.1, 0.15) is 0 Å². The number of hydrogen-bond acceptors (Lipinski definition) is 2. The molecule has 3 heteroatoms. The van der Waals surface area contributed by atoms with E-state index >= 15 is 0 Å². The molecule has 0 aromatic carbocycles. The van der Waals surface area contributed by atoms with Crippen molar-refractivity contribution < 1.29 is 4.79 Å². The van der Waals surface area contributed by atoms with Crippen molar-refractivity contribution >= 4 is 6.41 Å². The Hall–Kier alpha value is -1.04. The van der Waals surface area contributed by atoms with E-state index in [0.717, 1.165) is 30.6 Å². The molecule has 4 aliphatic rings. The monoisotopic (exact) mass is 342 g/mol. The van der Waals surface area contributed by atoms with Crippen molar-refractivity contribution in [2.24, 2.45) is 52.8 Å². The van der Waals surface area contributed by atoms with Gasteiger partial charge in [0.25, 0.3) is 0 Å². The number of nitrogens with zero attached hydrogens (tertiary/aromatic N) is 1. The summed E-state index contributed by atoms with van der Waals surface area (Å²) in [5.74, 6) is 5.46. The van der Waals surface area contributed by atoms with Gasteiger partial charge in [0.2, 0.25) is 6.41 Å². The highest BCUT2D eigenvalue weighted by atomic mass is 16.1. The first-order chi connectivity index (χ1) is 11.9. The molecular weight excluding hydrogens is 308 g/mol. The zero-order valence-corrected chi connectivity index (χ0v) is 16.3. The summed E-state index contributed by atoms with van der Waals surface area (Å²) in [4.78, 5) is 11.3. The second-order valence-corrected chi connectivity index (χ2v) is 10.3. The molecule has 4 saturated carbocycles. The standard InChI is InChI=1S/C22H34N2O/c1-13-9-15-10-14(2)21(3,11-23)17-5-6-18-20(19(15)17)16(13)7-8-22(18,4)24-12-25/h12-20H,5-10H2,1-4H3,(H,24,25). The first-order valence-corrected chi connectivity index (χ1v) is 10.5. The van der Waals surface area contributed by atoms with Gasteiger partial charge in [-0.2, -0.15) is 5.26 Å². The van der Waals surface area contributed by atoms with Gasteiger partial charge in [0, 0.05) is 5.54 Å². The fourth-order valence-electron chi connectivity index (χ4n) is 8.09. The van der Waals surface area contributed by atoms with E-state index in [-0.39, 0.29) is 11.0 Å². The minimum absolute atomic E-state index is 0.0401. The van der Waals surface area contributed by atoms with Gasteiger partial charge >= 0.3 is 0 Å². The minimum atomic E-state index is -0.163. The molecule has 0 bridgehead atoms. The third-order valence-corrected chi connectivity index (χ3v) is 9.50. The van der Waals surface area contributed by atoms with Crippen LogP contribution in [0.25, 0.3) is 0 Å². The maximum atomic E-state index is 11.3. The Morgan fingerprint density at radius 1 is 1.08 bits per heavy atom. The molecule has 10 unspecified atom stereocenters. The summed E-state index contributed by atoms with van der Waals surface area (Å²) in [5, 5.41) is 13.3. The number of carbonyl (C=O) groups excluding carboxylic acids is 1. The molecule has 0 aromatic heterocycles. The van der Waals surface area contributed by atoms with Crippen LogP contribution in [0, 0.1) is 64.1 Å². The zero-order valence-electron chi connectivity index (χ0n) is 16.3. The molecule has 0 aliphatic heterocycles. The summed E-state index contributed by atoms with van der Waals surface area (Å²) in [7, 11) is 0. The lowest BCUT2D eigenvalue weighted by Gasteiger charge is -2.66. The summed E-state index contributed by atoms with van der Waals surface area (Å²) < 4.78 is 0. The van der Waals surface area contributed by atoms with Crippen molar-refractivity contribution in [1.82, 2.24) is 5.32 Å². The summed E-state index contributed by atoms with van der Waals surface area (Å²) in [6.07, 6.45) is 8.24. The Labute approximate surface area is 152 Å². The van der Waals surface area contributed by atoms with Crippen molar-refractivity contribution in [3.63, 3.8) is 0 Å². The Balaban J connectivity index is 1.76. The summed E-state index contributed by atoms with van der Waals surface area (Å²) >= 11 is 0. The van der Waals surface area contributed by atoms with E-state index in [2.05, 4.69) is 39.1 Å². The third-order valence-electron chi connectivity index (χ3n) is 9.50. The fraction of sp³-hybridized carbons (Fsp3) is 0.909. The van der Waals surface area contributed by atoms with E-state index in [0.29, 0.717) is 29.6 Å². The van der Waals surface area contributed by atoms with Crippen LogP contribution < -0.4 is 5.32 Å². The molecule has 138 valence electrons. The Kier molecular flexibility index (Phi) is 3.98. The largest absolute Gasteiger partial charge is 0.353 e.